The fourth-order valence-corrected chi connectivity index (χ4v) is 4.01. The molecule has 2 unspecified atom stereocenters. The van der Waals surface area contributed by atoms with Crippen molar-refractivity contribution in [3.63, 3.8) is 0 Å². The highest BCUT2D eigenvalue weighted by molar-refractivity contribution is 7.99. The van der Waals surface area contributed by atoms with Crippen molar-refractivity contribution in [2.45, 2.75) is 63.8 Å². The van der Waals surface area contributed by atoms with Gasteiger partial charge in [-0.1, -0.05) is 25.5 Å². The number of rotatable bonds is 9. The Bertz CT molecular complexity index is 603. The quantitative estimate of drug-likeness (QED) is 0.343. The third kappa shape index (κ3) is 7.45. The second kappa shape index (κ2) is 11.9. The number of benzene rings is 1. The van der Waals surface area contributed by atoms with Crippen LogP contribution < -0.4 is 16.0 Å². The molecule has 27 heavy (non-hydrogen) atoms. The van der Waals surface area contributed by atoms with Crippen molar-refractivity contribution in [1.29, 1.82) is 0 Å². The van der Waals surface area contributed by atoms with Gasteiger partial charge in [0.05, 0.1) is 6.54 Å². The summed E-state index contributed by atoms with van der Waals surface area (Å²) in [5, 5.41) is 10.6. The molecule has 1 aromatic rings. The molecule has 1 aromatic carbocycles. The van der Waals surface area contributed by atoms with Crippen LogP contribution in [0.15, 0.2) is 29.3 Å². The molecule has 1 amide bonds. The molecule has 1 saturated carbocycles. The summed E-state index contributed by atoms with van der Waals surface area (Å²) in [7, 11) is 0. The van der Waals surface area contributed by atoms with Crippen LogP contribution in [-0.2, 0) is 6.54 Å². The minimum absolute atomic E-state index is 0.00177. The van der Waals surface area contributed by atoms with Crippen molar-refractivity contribution >= 4 is 23.6 Å². The van der Waals surface area contributed by atoms with Crippen LogP contribution in [0.3, 0.4) is 0 Å². The van der Waals surface area contributed by atoms with Gasteiger partial charge in [-0.2, -0.15) is 11.8 Å². The summed E-state index contributed by atoms with van der Waals surface area (Å²) in [4.78, 5) is 16.8. The minimum atomic E-state index is -0.00177. The second-order valence-corrected chi connectivity index (χ2v) is 8.15. The Balaban J connectivity index is 1.88. The van der Waals surface area contributed by atoms with Gasteiger partial charge in [0.1, 0.15) is 0 Å². The van der Waals surface area contributed by atoms with Crippen molar-refractivity contribution < 1.29 is 4.79 Å². The smallest absolute Gasteiger partial charge is 0.251 e. The van der Waals surface area contributed by atoms with E-state index in [4.69, 9.17) is 4.99 Å². The van der Waals surface area contributed by atoms with E-state index in [2.05, 4.69) is 36.1 Å². The maximum Gasteiger partial charge on any atom is 0.251 e. The van der Waals surface area contributed by atoms with Crippen LogP contribution in [0.1, 0.15) is 61.9 Å². The maximum atomic E-state index is 12.1. The molecule has 0 spiro atoms. The number of carbonyl (C=O) groups excluding carboxylic acids is 1. The molecule has 1 aliphatic rings. The zero-order valence-electron chi connectivity index (χ0n) is 16.9. The Morgan fingerprint density at radius 3 is 2.59 bits per heavy atom. The van der Waals surface area contributed by atoms with Gasteiger partial charge in [0, 0.05) is 29.9 Å². The van der Waals surface area contributed by atoms with Crippen LogP contribution in [0.2, 0.25) is 0 Å². The van der Waals surface area contributed by atoms with Gasteiger partial charge in [-0.3, -0.25) is 4.79 Å². The first-order valence-corrected chi connectivity index (χ1v) is 11.4. The van der Waals surface area contributed by atoms with E-state index in [0.717, 1.165) is 42.7 Å². The van der Waals surface area contributed by atoms with Crippen molar-refractivity contribution in [3.8, 4) is 0 Å². The number of nitrogens with zero attached hydrogens (tertiary/aromatic N) is 1. The third-order valence-electron chi connectivity index (χ3n) is 4.85. The van der Waals surface area contributed by atoms with Crippen LogP contribution in [0.4, 0.5) is 0 Å². The van der Waals surface area contributed by atoms with Crippen LogP contribution in [-0.4, -0.2) is 42.5 Å². The molecular weight excluding hydrogens is 356 g/mol. The standard InChI is InChI=1S/C21H34N4OS/c1-4-6-13-23-20(26)17-9-7-16(8-10-17)15-24-21(22-5-2)25-18-11-12-19(14-18)27-3/h7-10,18-19H,4-6,11-15H2,1-3H3,(H,23,26)(H2,22,24,25). The molecule has 0 radical (unpaired) electrons. The molecular formula is C21H34N4OS. The van der Waals surface area contributed by atoms with Gasteiger partial charge < -0.3 is 16.0 Å². The molecule has 5 nitrogen and oxygen atoms in total. The molecule has 150 valence electrons. The predicted molar refractivity (Wildman–Crippen MR) is 117 cm³/mol. The third-order valence-corrected chi connectivity index (χ3v) is 5.95. The molecule has 1 aliphatic carbocycles. The molecule has 2 atom stereocenters. The number of nitrogens with one attached hydrogen (secondary N) is 3. The lowest BCUT2D eigenvalue weighted by molar-refractivity contribution is 0.0953. The fraction of sp³-hybridized carbons (Fsp3) is 0.619. The molecule has 6 heteroatoms. The second-order valence-electron chi connectivity index (χ2n) is 7.01. The van der Waals surface area contributed by atoms with E-state index in [9.17, 15) is 4.79 Å². The highest BCUT2D eigenvalue weighted by Crippen LogP contribution is 2.28. The SMILES string of the molecule is CCCCNC(=O)c1ccc(CN=C(NCC)NC2CCC(SC)C2)cc1. The van der Waals surface area contributed by atoms with Gasteiger partial charge in [-0.15, -0.1) is 0 Å². The summed E-state index contributed by atoms with van der Waals surface area (Å²) in [6.07, 6.45) is 7.97. The first-order chi connectivity index (χ1) is 13.2. The lowest BCUT2D eigenvalue weighted by atomic mass is 10.1. The Morgan fingerprint density at radius 2 is 1.96 bits per heavy atom. The summed E-state index contributed by atoms with van der Waals surface area (Å²) >= 11 is 1.96. The summed E-state index contributed by atoms with van der Waals surface area (Å²) in [5.74, 6) is 0.878. The van der Waals surface area contributed by atoms with Gasteiger partial charge in [0.15, 0.2) is 5.96 Å². The van der Waals surface area contributed by atoms with Crippen LogP contribution >= 0.6 is 11.8 Å². The summed E-state index contributed by atoms with van der Waals surface area (Å²) in [6.45, 7) is 6.39. The van der Waals surface area contributed by atoms with Crippen molar-refractivity contribution in [3.05, 3.63) is 35.4 Å². The van der Waals surface area contributed by atoms with Gasteiger partial charge in [-0.25, -0.2) is 4.99 Å². The topological polar surface area (TPSA) is 65.5 Å². The number of carbonyl (C=O) groups is 1. The first kappa shape index (κ1) is 21.6. The molecule has 0 saturated heterocycles. The molecule has 0 heterocycles. The number of hydrogen-bond acceptors (Lipinski definition) is 3. The highest BCUT2D eigenvalue weighted by Gasteiger charge is 2.24. The molecule has 3 N–H and O–H groups in total. The molecule has 1 fully saturated rings. The van der Waals surface area contributed by atoms with Crippen molar-refractivity contribution in [2.75, 3.05) is 19.3 Å². The van der Waals surface area contributed by atoms with Crippen molar-refractivity contribution in [1.82, 2.24) is 16.0 Å². The van der Waals surface area contributed by atoms with E-state index >= 15 is 0 Å². The number of hydrogen-bond donors (Lipinski definition) is 3. The van der Waals surface area contributed by atoms with Gasteiger partial charge in [0.25, 0.3) is 5.91 Å². The van der Waals surface area contributed by atoms with E-state index in [1.165, 1.54) is 19.3 Å². The summed E-state index contributed by atoms with van der Waals surface area (Å²) in [5.41, 5.74) is 1.81. The average molecular weight is 391 g/mol. The van der Waals surface area contributed by atoms with E-state index in [1.54, 1.807) is 0 Å². The van der Waals surface area contributed by atoms with E-state index in [-0.39, 0.29) is 5.91 Å². The van der Waals surface area contributed by atoms with Gasteiger partial charge >= 0.3 is 0 Å². The number of thioether (sulfide) groups is 1. The summed E-state index contributed by atoms with van der Waals surface area (Å²) < 4.78 is 0. The number of amides is 1. The Hall–Kier alpha value is -1.69. The lowest BCUT2D eigenvalue weighted by Crippen LogP contribution is -2.42. The molecule has 0 aliphatic heterocycles. The Morgan fingerprint density at radius 1 is 1.19 bits per heavy atom. The van der Waals surface area contributed by atoms with E-state index in [0.29, 0.717) is 18.2 Å². The molecule has 2 rings (SSSR count). The normalized spacial score (nSPS) is 19.7. The minimum Gasteiger partial charge on any atom is -0.357 e. The van der Waals surface area contributed by atoms with Crippen LogP contribution in [0, 0.1) is 0 Å². The highest BCUT2D eigenvalue weighted by atomic mass is 32.2. The van der Waals surface area contributed by atoms with Crippen LogP contribution in [0.5, 0.6) is 0 Å². The Labute approximate surface area is 168 Å². The van der Waals surface area contributed by atoms with Crippen LogP contribution in [0.25, 0.3) is 0 Å². The fourth-order valence-electron chi connectivity index (χ4n) is 3.21. The lowest BCUT2D eigenvalue weighted by Gasteiger charge is -2.17. The van der Waals surface area contributed by atoms with E-state index < -0.39 is 0 Å². The largest absolute Gasteiger partial charge is 0.357 e. The molecule has 0 bridgehead atoms. The molecule has 0 aromatic heterocycles. The predicted octanol–water partition coefficient (Wildman–Crippen LogP) is 3.56. The van der Waals surface area contributed by atoms with E-state index in [1.807, 2.05) is 36.0 Å². The van der Waals surface area contributed by atoms with Gasteiger partial charge in [-0.05, 0) is 56.6 Å². The average Bonchev–Trinajstić information content (AvgIpc) is 3.14. The number of unbranched alkanes of at least 4 members (excludes halogenated alkanes) is 1. The number of guanidine groups is 1. The number of aliphatic imine (C=N–C) groups is 1. The van der Waals surface area contributed by atoms with Gasteiger partial charge in [0.2, 0.25) is 0 Å². The van der Waals surface area contributed by atoms with Crippen molar-refractivity contribution in [2.24, 2.45) is 4.99 Å². The zero-order chi connectivity index (χ0) is 19.5. The Kier molecular flexibility index (Phi) is 9.53. The zero-order valence-corrected chi connectivity index (χ0v) is 17.7. The monoisotopic (exact) mass is 390 g/mol. The first-order valence-electron chi connectivity index (χ1n) is 10.1. The summed E-state index contributed by atoms with van der Waals surface area (Å²) in [6, 6.07) is 8.25. The maximum absolute atomic E-state index is 12.1.